The van der Waals surface area contributed by atoms with E-state index in [4.69, 9.17) is 4.74 Å². The molecule has 0 N–H and O–H groups in total. The molecule has 4 aromatic carbocycles. The van der Waals surface area contributed by atoms with Crippen LogP contribution in [0.2, 0.25) is 0 Å². The number of ether oxygens (including phenoxy) is 1. The van der Waals surface area contributed by atoms with Gasteiger partial charge in [0.1, 0.15) is 0 Å². The zero-order valence-corrected chi connectivity index (χ0v) is 18.2. The number of halogens is 1. The molecule has 0 unspecified atom stereocenters. The average molecular weight is 449 g/mol. The van der Waals surface area contributed by atoms with Crippen LogP contribution in [0.5, 0.6) is 5.75 Å². The Kier molecular flexibility index (Phi) is 5.10. The van der Waals surface area contributed by atoms with Gasteiger partial charge in [-0.1, -0.05) is 0 Å². The molecular weight excluding hydrogens is 427 g/mol. The topological polar surface area (TPSA) is 9.23 Å². The van der Waals surface area contributed by atoms with E-state index in [0.29, 0.717) is 0 Å². The predicted molar refractivity (Wildman–Crippen MR) is 127 cm³/mol. The quantitative estimate of drug-likeness (QED) is 0.383. The van der Waals surface area contributed by atoms with E-state index in [2.05, 4.69) is 125 Å². The van der Waals surface area contributed by atoms with Crippen molar-refractivity contribution in [3.63, 3.8) is 0 Å². The first-order valence-electron chi connectivity index (χ1n) is 9.23. The van der Waals surface area contributed by atoms with Gasteiger partial charge in [0.15, 0.2) is 0 Å². The monoisotopic (exact) mass is 448 g/mol. The van der Waals surface area contributed by atoms with Gasteiger partial charge in [0.25, 0.3) is 0 Å². The maximum absolute atomic E-state index is 5.60. The molecule has 0 aliphatic rings. The fourth-order valence-electron chi connectivity index (χ4n) is 3.89. The third kappa shape index (κ3) is 2.80. The second kappa shape index (κ2) is 7.54. The Bertz CT molecular complexity index is 966. The maximum atomic E-state index is 5.60. The molecule has 0 fully saturated rings. The van der Waals surface area contributed by atoms with E-state index in [9.17, 15) is 0 Å². The summed E-state index contributed by atoms with van der Waals surface area (Å²) in [7, 11) is 1.72. The number of rotatable bonds is 5. The molecule has 0 aromatic heterocycles. The molecule has 0 radical (unpaired) electrons. The first kappa shape index (κ1) is 18.9. The molecule has 0 aliphatic carbocycles. The van der Waals surface area contributed by atoms with Crippen molar-refractivity contribution in [3.05, 3.63) is 115 Å². The van der Waals surface area contributed by atoms with Crippen LogP contribution >= 0.6 is 20.8 Å². The number of hydrogen-bond acceptors (Lipinski definition) is 1. The van der Waals surface area contributed by atoms with Crippen LogP contribution in [0.3, 0.4) is 0 Å². The van der Waals surface area contributed by atoms with Crippen molar-refractivity contribution in [1.82, 2.24) is 0 Å². The van der Waals surface area contributed by atoms with E-state index in [0.717, 1.165) is 5.75 Å². The molecule has 0 saturated heterocycles. The Morgan fingerprint density at radius 2 is 0.929 bits per heavy atom. The van der Waals surface area contributed by atoms with Crippen molar-refractivity contribution in [2.24, 2.45) is 0 Å². The fraction of sp³-hybridized carbons (Fsp3) is 0.0400. The van der Waals surface area contributed by atoms with Gasteiger partial charge in [-0.3, -0.25) is 0 Å². The predicted octanol–water partition coefficient (Wildman–Crippen LogP) is 5.16. The molecule has 0 amide bonds. The third-order valence-corrected chi connectivity index (χ3v) is 15.2. The summed E-state index contributed by atoms with van der Waals surface area (Å²) in [6, 6.07) is 40.7. The van der Waals surface area contributed by atoms with Crippen LogP contribution in [-0.2, 0) is 0 Å². The molecule has 0 spiro atoms. The number of hydrogen-bond donors (Lipinski definition) is 0. The Labute approximate surface area is 174 Å². The van der Waals surface area contributed by atoms with Crippen LogP contribution in [0.15, 0.2) is 115 Å². The summed E-state index contributed by atoms with van der Waals surface area (Å²) in [4.78, 5) is 0. The van der Waals surface area contributed by atoms with Gasteiger partial charge in [-0.05, 0) is 0 Å². The normalized spacial score (nSPS) is 12.7. The third-order valence-electron chi connectivity index (χ3n) is 5.26. The van der Waals surface area contributed by atoms with Crippen molar-refractivity contribution in [2.75, 3.05) is 7.11 Å². The first-order chi connectivity index (χ1) is 13.7. The van der Waals surface area contributed by atoms with Gasteiger partial charge in [-0.2, -0.15) is 0 Å². The number of methoxy groups -OCH3 is 1. The van der Waals surface area contributed by atoms with E-state index in [-0.39, 0.29) is 0 Å². The zero-order valence-electron chi connectivity index (χ0n) is 15.7. The van der Waals surface area contributed by atoms with Gasteiger partial charge in [-0.25, -0.2) is 0 Å². The van der Waals surface area contributed by atoms with Gasteiger partial charge in [0.2, 0.25) is 0 Å². The van der Waals surface area contributed by atoms with Crippen LogP contribution in [0.25, 0.3) is 0 Å². The van der Waals surface area contributed by atoms with Gasteiger partial charge >= 0.3 is 175 Å². The molecule has 3 heteroatoms. The van der Waals surface area contributed by atoms with Crippen LogP contribution in [-0.4, -0.2) is 7.11 Å². The Hall–Kier alpha value is -2.41. The first-order valence-corrected chi connectivity index (χ1v) is 13.5. The van der Waals surface area contributed by atoms with Crippen LogP contribution in [0.4, 0.5) is 0 Å². The molecule has 0 saturated carbocycles. The SMILES string of the molecule is COc1cccc(P(Br)(c2ccccc2)(c2ccccc2)c2ccccc2)c1. The molecule has 1 nitrogen and oxygen atoms in total. The molecular formula is C25H22BrOP. The van der Waals surface area contributed by atoms with Gasteiger partial charge < -0.3 is 0 Å². The van der Waals surface area contributed by atoms with Gasteiger partial charge in [0.05, 0.1) is 0 Å². The van der Waals surface area contributed by atoms with E-state index in [1.54, 1.807) is 7.11 Å². The van der Waals surface area contributed by atoms with E-state index in [1.165, 1.54) is 21.2 Å². The van der Waals surface area contributed by atoms with Crippen LogP contribution in [0.1, 0.15) is 0 Å². The second-order valence-corrected chi connectivity index (χ2v) is 15.1. The van der Waals surface area contributed by atoms with Crippen LogP contribution < -0.4 is 26.0 Å². The molecule has 4 rings (SSSR count). The summed E-state index contributed by atoms with van der Waals surface area (Å²) in [5.41, 5.74) is 0. The van der Waals surface area contributed by atoms with Crippen molar-refractivity contribution in [2.45, 2.75) is 0 Å². The van der Waals surface area contributed by atoms with E-state index >= 15 is 0 Å². The molecule has 28 heavy (non-hydrogen) atoms. The molecule has 140 valence electrons. The molecule has 0 heterocycles. The average Bonchev–Trinajstić information content (AvgIpc) is 2.80. The summed E-state index contributed by atoms with van der Waals surface area (Å²) in [5, 5.41) is 1.87. The molecule has 0 aliphatic heterocycles. The van der Waals surface area contributed by atoms with Crippen LogP contribution in [0, 0.1) is 0 Å². The summed E-state index contributed by atoms with van der Waals surface area (Å²) < 4.78 is 5.60. The number of benzene rings is 4. The molecule has 4 aromatic rings. The minimum absolute atomic E-state index is 0.855. The zero-order chi connectivity index (χ0) is 19.5. The Balaban J connectivity index is 2.22. The van der Waals surface area contributed by atoms with Crippen molar-refractivity contribution >= 4 is 42.0 Å². The standard InChI is InChI=1S/C25H22BrOP/c1-27-21-12-11-19-25(20-21)28(26,22-13-5-2-6-14-22,23-15-7-3-8-16-23)24-17-9-4-10-18-24/h2-20H,1H3. The van der Waals surface area contributed by atoms with Crippen molar-refractivity contribution in [3.8, 4) is 5.75 Å². The summed E-state index contributed by atoms with van der Waals surface area (Å²) in [5.74, 6) is 0.855. The summed E-state index contributed by atoms with van der Waals surface area (Å²) >= 11 is 4.46. The Morgan fingerprint density at radius 1 is 0.536 bits per heavy atom. The minimum atomic E-state index is -3.13. The summed E-state index contributed by atoms with van der Waals surface area (Å²) in [6.07, 6.45) is 0. The van der Waals surface area contributed by atoms with Crippen molar-refractivity contribution in [1.29, 1.82) is 0 Å². The van der Waals surface area contributed by atoms with E-state index < -0.39 is 5.31 Å². The molecule has 0 bridgehead atoms. The fourth-order valence-corrected chi connectivity index (χ4v) is 11.4. The van der Waals surface area contributed by atoms with E-state index in [1.807, 2.05) is 6.07 Å². The van der Waals surface area contributed by atoms with Crippen molar-refractivity contribution < 1.29 is 4.74 Å². The Morgan fingerprint density at radius 3 is 1.32 bits per heavy atom. The second-order valence-electron chi connectivity index (χ2n) is 6.72. The summed E-state index contributed by atoms with van der Waals surface area (Å²) in [6.45, 7) is 0. The van der Waals surface area contributed by atoms with Gasteiger partial charge in [0, 0.05) is 0 Å². The van der Waals surface area contributed by atoms with Gasteiger partial charge in [-0.15, -0.1) is 0 Å². The molecule has 0 atom stereocenters.